The molecule has 0 bridgehead atoms. The molecule has 1 unspecified atom stereocenters. The van der Waals surface area contributed by atoms with Gasteiger partial charge in [-0.1, -0.05) is 5.92 Å². The summed E-state index contributed by atoms with van der Waals surface area (Å²) in [5.41, 5.74) is 0. The van der Waals surface area contributed by atoms with Crippen LogP contribution in [0, 0.1) is 12.3 Å². The highest BCUT2D eigenvalue weighted by atomic mass is 16.5. The molecule has 0 radical (unpaired) electrons. The quantitative estimate of drug-likeness (QED) is 0.616. The Morgan fingerprint density at radius 3 is 3.15 bits per heavy atom. The van der Waals surface area contributed by atoms with Gasteiger partial charge in [-0.3, -0.25) is 4.90 Å². The lowest BCUT2D eigenvalue weighted by molar-refractivity contribution is 0.0193. The highest BCUT2D eigenvalue weighted by molar-refractivity contribution is 4.87. The molecule has 0 aromatic carbocycles. The van der Waals surface area contributed by atoms with Crippen LogP contribution in [0.2, 0.25) is 0 Å². The summed E-state index contributed by atoms with van der Waals surface area (Å²) in [6.45, 7) is 4.53. The number of nitrogens with one attached hydrogen (secondary N) is 1. The minimum Gasteiger partial charge on any atom is -0.376 e. The molecule has 13 heavy (non-hydrogen) atoms. The molecule has 0 aromatic rings. The number of ether oxygens (including phenoxy) is 1. The molecular weight excluding hydrogens is 164 g/mol. The average molecular weight is 182 g/mol. The molecular formula is C10H18N2O. The lowest BCUT2D eigenvalue weighted by atomic mass is 10.2. The number of rotatable bonds is 4. The summed E-state index contributed by atoms with van der Waals surface area (Å²) in [6, 6.07) is 0. The van der Waals surface area contributed by atoms with Gasteiger partial charge in [0.2, 0.25) is 0 Å². The zero-order chi connectivity index (χ0) is 9.52. The first-order valence-electron chi connectivity index (χ1n) is 4.77. The van der Waals surface area contributed by atoms with Crippen LogP contribution in [0.25, 0.3) is 0 Å². The van der Waals surface area contributed by atoms with Crippen molar-refractivity contribution >= 4 is 0 Å². The molecule has 1 saturated heterocycles. The normalized spacial score (nSPS) is 23.0. The second kappa shape index (κ2) is 5.98. The second-order valence-electron chi connectivity index (χ2n) is 3.43. The van der Waals surface area contributed by atoms with Crippen molar-refractivity contribution in [2.24, 2.45) is 0 Å². The van der Waals surface area contributed by atoms with Crippen LogP contribution in [-0.2, 0) is 4.74 Å². The standard InChI is InChI=1S/C10H18N2O/c1-3-6-12(2)7-4-10-9-11-5-8-13-10/h1,10-11H,4-9H2,2H3. The molecule has 3 heteroatoms. The molecule has 0 amide bonds. The Balaban J connectivity index is 2.07. The smallest absolute Gasteiger partial charge is 0.0712 e. The Bertz CT molecular complexity index is 170. The minimum absolute atomic E-state index is 0.369. The third-order valence-corrected chi connectivity index (χ3v) is 2.20. The third-order valence-electron chi connectivity index (χ3n) is 2.20. The van der Waals surface area contributed by atoms with Crippen LogP contribution < -0.4 is 5.32 Å². The lowest BCUT2D eigenvalue weighted by Gasteiger charge is -2.25. The van der Waals surface area contributed by atoms with E-state index in [2.05, 4.69) is 16.1 Å². The fraction of sp³-hybridized carbons (Fsp3) is 0.800. The fourth-order valence-corrected chi connectivity index (χ4v) is 1.40. The van der Waals surface area contributed by atoms with Crippen LogP contribution >= 0.6 is 0 Å². The molecule has 1 aliphatic heterocycles. The van der Waals surface area contributed by atoms with Crippen LogP contribution in [-0.4, -0.2) is 50.8 Å². The summed E-state index contributed by atoms with van der Waals surface area (Å²) >= 11 is 0. The summed E-state index contributed by atoms with van der Waals surface area (Å²) in [5.74, 6) is 2.62. The van der Waals surface area contributed by atoms with E-state index in [-0.39, 0.29) is 0 Å². The van der Waals surface area contributed by atoms with Gasteiger partial charge < -0.3 is 10.1 Å². The predicted octanol–water partition coefficient (Wildman–Crippen LogP) is -0.0701. The van der Waals surface area contributed by atoms with Gasteiger partial charge in [-0.25, -0.2) is 0 Å². The van der Waals surface area contributed by atoms with E-state index < -0.39 is 0 Å². The highest BCUT2D eigenvalue weighted by Crippen LogP contribution is 2.01. The summed E-state index contributed by atoms with van der Waals surface area (Å²) in [7, 11) is 2.04. The largest absolute Gasteiger partial charge is 0.376 e. The van der Waals surface area contributed by atoms with Crippen molar-refractivity contribution in [2.45, 2.75) is 12.5 Å². The molecule has 1 N–H and O–H groups in total. The van der Waals surface area contributed by atoms with Crippen LogP contribution in [0.15, 0.2) is 0 Å². The van der Waals surface area contributed by atoms with Gasteiger partial charge in [0.15, 0.2) is 0 Å². The molecule has 0 saturated carbocycles. The van der Waals surface area contributed by atoms with Gasteiger partial charge in [-0.15, -0.1) is 6.42 Å². The van der Waals surface area contributed by atoms with Crippen molar-refractivity contribution in [1.29, 1.82) is 0 Å². The summed E-state index contributed by atoms with van der Waals surface area (Å²) in [4.78, 5) is 2.14. The monoisotopic (exact) mass is 182 g/mol. The van der Waals surface area contributed by atoms with Gasteiger partial charge in [0.25, 0.3) is 0 Å². The summed E-state index contributed by atoms with van der Waals surface area (Å²) < 4.78 is 5.57. The number of nitrogens with zero attached hydrogens (tertiary/aromatic N) is 1. The Morgan fingerprint density at radius 1 is 1.69 bits per heavy atom. The van der Waals surface area contributed by atoms with Crippen molar-refractivity contribution in [3.05, 3.63) is 0 Å². The van der Waals surface area contributed by atoms with E-state index in [0.29, 0.717) is 6.10 Å². The van der Waals surface area contributed by atoms with Gasteiger partial charge in [0.05, 0.1) is 19.3 Å². The molecule has 1 fully saturated rings. The minimum atomic E-state index is 0.369. The van der Waals surface area contributed by atoms with Crippen molar-refractivity contribution in [3.63, 3.8) is 0 Å². The summed E-state index contributed by atoms with van der Waals surface area (Å²) in [5, 5.41) is 3.31. The molecule has 1 rings (SSSR count). The number of terminal acetylenes is 1. The molecule has 1 atom stereocenters. The topological polar surface area (TPSA) is 24.5 Å². The fourth-order valence-electron chi connectivity index (χ4n) is 1.40. The zero-order valence-electron chi connectivity index (χ0n) is 8.25. The maximum Gasteiger partial charge on any atom is 0.0712 e. The van der Waals surface area contributed by atoms with E-state index in [1.165, 1.54) is 0 Å². The van der Waals surface area contributed by atoms with Gasteiger partial charge >= 0.3 is 0 Å². The second-order valence-corrected chi connectivity index (χ2v) is 3.43. The molecule has 0 aromatic heterocycles. The van der Waals surface area contributed by atoms with Gasteiger partial charge in [0, 0.05) is 19.6 Å². The van der Waals surface area contributed by atoms with Crippen LogP contribution in [0.1, 0.15) is 6.42 Å². The first-order valence-corrected chi connectivity index (χ1v) is 4.77. The Morgan fingerprint density at radius 2 is 2.54 bits per heavy atom. The number of hydrogen-bond donors (Lipinski definition) is 1. The van der Waals surface area contributed by atoms with E-state index in [1.807, 2.05) is 7.05 Å². The van der Waals surface area contributed by atoms with E-state index in [9.17, 15) is 0 Å². The van der Waals surface area contributed by atoms with E-state index in [1.54, 1.807) is 0 Å². The average Bonchev–Trinajstić information content (AvgIpc) is 2.17. The maximum atomic E-state index is 5.57. The van der Waals surface area contributed by atoms with Crippen molar-refractivity contribution in [3.8, 4) is 12.3 Å². The van der Waals surface area contributed by atoms with Gasteiger partial charge in [0.1, 0.15) is 0 Å². The van der Waals surface area contributed by atoms with E-state index >= 15 is 0 Å². The Hall–Kier alpha value is -0.560. The van der Waals surface area contributed by atoms with Gasteiger partial charge in [-0.2, -0.15) is 0 Å². The molecule has 0 spiro atoms. The highest BCUT2D eigenvalue weighted by Gasteiger charge is 2.13. The van der Waals surface area contributed by atoms with Crippen molar-refractivity contribution < 1.29 is 4.74 Å². The van der Waals surface area contributed by atoms with Crippen molar-refractivity contribution in [2.75, 3.05) is 39.8 Å². The Kier molecular flexibility index (Phi) is 4.84. The van der Waals surface area contributed by atoms with Crippen LogP contribution in [0.4, 0.5) is 0 Å². The first-order chi connectivity index (χ1) is 6.33. The molecule has 74 valence electrons. The zero-order valence-corrected chi connectivity index (χ0v) is 8.25. The Labute approximate surface area is 80.4 Å². The van der Waals surface area contributed by atoms with Crippen LogP contribution in [0.5, 0.6) is 0 Å². The number of morpholine rings is 1. The molecule has 1 heterocycles. The SMILES string of the molecule is C#CCN(C)CCC1CNCCO1. The van der Waals surface area contributed by atoms with E-state index in [4.69, 9.17) is 11.2 Å². The van der Waals surface area contributed by atoms with Gasteiger partial charge in [-0.05, 0) is 13.5 Å². The van der Waals surface area contributed by atoms with E-state index in [0.717, 1.165) is 39.2 Å². The maximum absolute atomic E-state index is 5.57. The number of hydrogen-bond acceptors (Lipinski definition) is 3. The molecule has 1 aliphatic rings. The molecule has 3 nitrogen and oxygen atoms in total. The summed E-state index contributed by atoms with van der Waals surface area (Å²) in [6.07, 6.45) is 6.63. The van der Waals surface area contributed by atoms with Crippen LogP contribution in [0.3, 0.4) is 0 Å². The third kappa shape index (κ3) is 4.28. The first kappa shape index (κ1) is 10.5. The lowest BCUT2D eigenvalue weighted by Crippen LogP contribution is -2.40. The predicted molar refractivity (Wildman–Crippen MR) is 53.6 cm³/mol. The molecule has 0 aliphatic carbocycles. The van der Waals surface area contributed by atoms with Crippen molar-refractivity contribution in [1.82, 2.24) is 10.2 Å².